The maximum absolute atomic E-state index is 12.9. The van der Waals surface area contributed by atoms with Gasteiger partial charge in [-0.2, -0.15) is 0 Å². The molecule has 1 unspecified atom stereocenters. The molecule has 0 aromatic rings. The van der Waals surface area contributed by atoms with Crippen molar-refractivity contribution in [1.82, 2.24) is 0 Å². The summed E-state index contributed by atoms with van der Waals surface area (Å²) in [7, 11) is 0. The fourth-order valence-electron chi connectivity index (χ4n) is 10.7. The van der Waals surface area contributed by atoms with Gasteiger partial charge in [-0.25, -0.2) is 0 Å². The van der Waals surface area contributed by atoms with Gasteiger partial charge < -0.3 is 14.2 Å². The number of allylic oxidation sites excluding steroid dienone is 8. The third-order valence-corrected chi connectivity index (χ3v) is 16.1. The van der Waals surface area contributed by atoms with Crippen LogP contribution in [0.1, 0.15) is 387 Å². The first-order chi connectivity index (χ1) is 39.5. The Hall–Kier alpha value is -2.63. The summed E-state index contributed by atoms with van der Waals surface area (Å²) in [4.78, 5) is 38.3. The maximum atomic E-state index is 12.9. The number of carbonyl (C=O) groups is 3. The lowest BCUT2D eigenvalue weighted by molar-refractivity contribution is -0.167. The van der Waals surface area contributed by atoms with Crippen LogP contribution in [0.25, 0.3) is 0 Å². The van der Waals surface area contributed by atoms with Crippen molar-refractivity contribution in [2.45, 2.75) is 393 Å². The van der Waals surface area contributed by atoms with E-state index in [9.17, 15) is 14.4 Å². The van der Waals surface area contributed by atoms with Gasteiger partial charge in [0.15, 0.2) is 6.10 Å². The van der Waals surface area contributed by atoms with Crippen LogP contribution < -0.4 is 0 Å². The maximum Gasteiger partial charge on any atom is 0.306 e. The molecule has 0 saturated carbocycles. The lowest BCUT2D eigenvalue weighted by Crippen LogP contribution is -2.30. The summed E-state index contributed by atoms with van der Waals surface area (Å²) in [5, 5.41) is 0. The van der Waals surface area contributed by atoms with E-state index < -0.39 is 6.10 Å². The molecule has 0 rings (SSSR count). The van der Waals surface area contributed by atoms with E-state index in [4.69, 9.17) is 14.2 Å². The molecular formula is C74H136O6. The number of carbonyl (C=O) groups excluding carboxylic acids is 3. The van der Waals surface area contributed by atoms with E-state index >= 15 is 0 Å². The molecule has 0 amide bonds. The van der Waals surface area contributed by atoms with Gasteiger partial charge in [0.25, 0.3) is 0 Å². The highest BCUT2D eigenvalue weighted by Gasteiger charge is 2.19. The first-order valence-corrected chi connectivity index (χ1v) is 35.6. The number of rotatable bonds is 66. The first kappa shape index (κ1) is 77.4. The molecule has 0 aliphatic rings. The Morgan fingerprint density at radius 2 is 0.500 bits per heavy atom. The highest BCUT2D eigenvalue weighted by molar-refractivity contribution is 5.71. The number of hydrogen-bond donors (Lipinski definition) is 0. The molecule has 0 bridgehead atoms. The van der Waals surface area contributed by atoms with Gasteiger partial charge in [-0.05, 0) is 70.6 Å². The van der Waals surface area contributed by atoms with E-state index in [0.717, 1.165) is 89.9 Å². The summed E-state index contributed by atoms with van der Waals surface area (Å²) >= 11 is 0. The van der Waals surface area contributed by atoms with Gasteiger partial charge in [0.2, 0.25) is 0 Å². The topological polar surface area (TPSA) is 78.9 Å². The van der Waals surface area contributed by atoms with Gasteiger partial charge in [-0.1, -0.05) is 345 Å². The number of ether oxygens (including phenoxy) is 3. The van der Waals surface area contributed by atoms with Gasteiger partial charge in [0.05, 0.1) is 0 Å². The summed E-state index contributed by atoms with van der Waals surface area (Å²) in [5.74, 6) is -0.876. The second-order valence-electron chi connectivity index (χ2n) is 24.1. The molecule has 0 aliphatic carbocycles. The zero-order valence-electron chi connectivity index (χ0n) is 53.9. The Balaban J connectivity index is 4.04. The van der Waals surface area contributed by atoms with Crippen LogP contribution in [0.5, 0.6) is 0 Å². The average molecular weight is 1120 g/mol. The van der Waals surface area contributed by atoms with Crippen molar-refractivity contribution in [2.24, 2.45) is 0 Å². The minimum Gasteiger partial charge on any atom is -0.462 e. The van der Waals surface area contributed by atoms with Crippen molar-refractivity contribution in [3.63, 3.8) is 0 Å². The molecule has 80 heavy (non-hydrogen) atoms. The highest BCUT2D eigenvalue weighted by Crippen LogP contribution is 2.19. The molecule has 0 aliphatic heterocycles. The molecule has 0 radical (unpaired) electrons. The van der Waals surface area contributed by atoms with Crippen LogP contribution in [0.4, 0.5) is 0 Å². The normalized spacial score (nSPS) is 12.3. The Labute approximate surface area is 498 Å². The Morgan fingerprint density at radius 3 is 0.812 bits per heavy atom. The third kappa shape index (κ3) is 66.2. The second kappa shape index (κ2) is 68.9. The van der Waals surface area contributed by atoms with Gasteiger partial charge in [-0.15, -0.1) is 0 Å². The molecule has 0 heterocycles. The first-order valence-electron chi connectivity index (χ1n) is 35.6. The minimum absolute atomic E-state index is 0.0764. The zero-order valence-corrected chi connectivity index (χ0v) is 53.9. The fraction of sp³-hybridized carbons (Fsp3) is 0.851. The van der Waals surface area contributed by atoms with Crippen molar-refractivity contribution in [1.29, 1.82) is 0 Å². The molecule has 468 valence electrons. The van der Waals surface area contributed by atoms with E-state index in [1.165, 1.54) is 257 Å². The van der Waals surface area contributed by atoms with Crippen LogP contribution in [0.15, 0.2) is 48.6 Å². The second-order valence-corrected chi connectivity index (χ2v) is 24.1. The smallest absolute Gasteiger partial charge is 0.306 e. The predicted molar refractivity (Wildman–Crippen MR) is 349 cm³/mol. The largest absolute Gasteiger partial charge is 0.462 e. The molecule has 6 nitrogen and oxygen atoms in total. The molecular weight excluding hydrogens is 985 g/mol. The molecule has 0 aromatic heterocycles. The van der Waals surface area contributed by atoms with Crippen LogP contribution in [0.3, 0.4) is 0 Å². The van der Waals surface area contributed by atoms with Crippen molar-refractivity contribution in [3.05, 3.63) is 48.6 Å². The van der Waals surface area contributed by atoms with E-state index in [1.807, 2.05) is 0 Å². The van der Waals surface area contributed by atoms with Crippen LogP contribution >= 0.6 is 0 Å². The SMILES string of the molecule is CC/C=C\C/C=C\C/C=C\CCCCCCCCCC(=O)OC(COC(=O)CCCCCCC/C=C\CCCC)COC(=O)CCCCCCCCCCCCCCCCCCCCCCCCCCCCCCCCCCCC. The summed E-state index contributed by atoms with van der Waals surface area (Å²) < 4.78 is 16.9. The van der Waals surface area contributed by atoms with Crippen molar-refractivity contribution in [2.75, 3.05) is 13.2 Å². The monoisotopic (exact) mass is 1120 g/mol. The van der Waals surface area contributed by atoms with Gasteiger partial charge in [0.1, 0.15) is 13.2 Å². The Kier molecular flexibility index (Phi) is 66.6. The summed E-state index contributed by atoms with van der Waals surface area (Å²) in [6.07, 6.45) is 87.5. The quantitative estimate of drug-likeness (QED) is 0.0261. The molecule has 0 N–H and O–H groups in total. The lowest BCUT2D eigenvalue weighted by atomic mass is 10.0. The molecule has 0 spiro atoms. The highest BCUT2D eigenvalue weighted by atomic mass is 16.6. The van der Waals surface area contributed by atoms with Gasteiger partial charge >= 0.3 is 17.9 Å². The van der Waals surface area contributed by atoms with E-state index in [-0.39, 0.29) is 31.1 Å². The fourth-order valence-corrected chi connectivity index (χ4v) is 10.7. The summed E-state index contributed by atoms with van der Waals surface area (Å²) in [6, 6.07) is 0. The third-order valence-electron chi connectivity index (χ3n) is 16.1. The van der Waals surface area contributed by atoms with Gasteiger partial charge in [0, 0.05) is 19.3 Å². The van der Waals surface area contributed by atoms with E-state index in [2.05, 4.69) is 69.4 Å². The standard InChI is InChI=1S/C74H136O6/c1-4-7-10-13-16-19-22-24-26-28-29-30-31-32-33-34-35-36-37-38-39-40-41-42-43-44-46-47-49-52-55-58-61-64-67-73(76)79-70-71(69-78-72(75)66-63-60-57-54-51-21-18-15-12-9-6-3)80-74(77)68-65-62-59-56-53-50-48-45-27-25-23-20-17-14-11-8-5-2/h8,11,15,17-18,20,25,27,71H,4-7,9-10,12-14,16,19,21-24,26,28-70H2,1-3H3/b11-8-,18-15-,20-17-,27-25-. The van der Waals surface area contributed by atoms with Crippen LogP contribution in [0, 0.1) is 0 Å². The van der Waals surface area contributed by atoms with Crippen molar-refractivity contribution < 1.29 is 28.6 Å². The Morgan fingerprint density at radius 1 is 0.263 bits per heavy atom. The average Bonchev–Trinajstić information content (AvgIpc) is 3.46. The summed E-state index contributed by atoms with van der Waals surface area (Å²) in [6.45, 7) is 6.53. The van der Waals surface area contributed by atoms with Gasteiger partial charge in [-0.3, -0.25) is 14.4 Å². The minimum atomic E-state index is -0.781. The zero-order chi connectivity index (χ0) is 57.8. The van der Waals surface area contributed by atoms with Crippen LogP contribution in [-0.2, 0) is 28.6 Å². The summed E-state index contributed by atoms with van der Waals surface area (Å²) in [5.41, 5.74) is 0. The van der Waals surface area contributed by atoms with Crippen molar-refractivity contribution >= 4 is 17.9 Å². The molecule has 6 heteroatoms. The lowest BCUT2D eigenvalue weighted by Gasteiger charge is -2.18. The van der Waals surface area contributed by atoms with Crippen LogP contribution in [0.2, 0.25) is 0 Å². The number of unbranched alkanes of at least 4 members (excludes halogenated alkanes) is 47. The molecule has 0 aromatic carbocycles. The predicted octanol–water partition coefficient (Wildman–Crippen LogP) is 24.5. The van der Waals surface area contributed by atoms with E-state index in [0.29, 0.717) is 19.3 Å². The van der Waals surface area contributed by atoms with Crippen molar-refractivity contribution in [3.8, 4) is 0 Å². The molecule has 0 fully saturated rings. The Bertz CT molecular complexity index is 1380. The van der Waals surface area contributed by atoms with E-state index in [1.54, 1.807) is 0 Å². The molecule has 1 atom stereocenters. The number of esters is 3. The van der Waals surface area contributed by atoms with Crippen LogP contribution in [-0.4, -0.2) is 37.2 Å². The molecule has 0 saturated heterocycles. The number of hydrogen-bond acceptors (Lipinski definition) is 6.